The number of aromatic nitrogens is 5. The molecular weight excluding hydrogens is 518 g/mol. The lowest BCUT2D eigenvalue weighted by atomic mass is 10.1. The Morgan fingerprint density at radius 2 is 1.93 bits per heavy atom. The zero-order valence-electron chi connectivity index (χ0n) is 22.7. The molecule has 0 fully saturated rings. The van der Waals surface area contributed by atoms with E-state index in [9.17, 15) is 9.59 Å². The quantitative estimate of drug-likeness (QED) is 0.293. The lowest BCUT2D eigenvalue weighted by molar-refractivity contribution is 0.0940. The second-order valence-corrected chi connectivity index (χ2v) is 9.68. The van der Waals surface area contributed by atoms with Gasteiger partial charge in [0.1, 0.15) is 11.4 Å². The summed E-state index contributed by atoms with van der Waals surface area (Å²) in [4.78, 5) is 36.9. The predicted octanol–water partition coefficient (Wildman–Crippen LogP) is 2.50. The summed E-state index contributed by atoms with van der Waals surface area (Å²) in [6.07, 6.45) is 3.58. The van der Waals surface area contributed by atoms with Gasteiger partial charge in [-0.25, -0.2) is 19.9 Å². The molecule has 1 unspecified atom stereocenters. The van der Waals surface area contributed by atoms with Crippen molar-refractivity contribution in [2.75, 3.05) is 19.3 Å². The Morgan fingerprint density at radius 3 is 2.68 bits per heavy atom. The van der Waals surface area contributed by atoms with Gasteiger partial charge in [0.25, 0.3) is 11.5 Å². The van der Waals surface area contributed by atoms with Gasteiger partial charge in [0, 0.05) is 31.0 Å². The van der Waals surface area contributed by atoms with Crippen LogP contribution in [0.2, 0.25) is 0 Å². The second-order valence-electron chi connectivity index (χ2n) is 9.68. The maximum atomic E-state index is 14.2. The van der Waals surface area contributed by atoms with E-state index in [1.165, 1.54) is 9.08 Å². The first-order valence-electron chi connectivity index (χ1n) is 13.0. The minimum absolute atomic E-state index is 0.0601. The number of nitrogens with two attached hydrogens (primary N) is 1. The highest BCUT2D eigenvalue weighted by atomic mass is 16.2. The molecule has 0 saturated carbocycles. The molecule has 5 aromatic rings. The van der Waals surface area contributed by atoms with Crippen LogP contribution >= 0.6 is 0 Å². The predicted molar refractivity (Wildman–Crippen MR) is 156 cm³/mol. The van der Waals surface area contributed by atoms with E-state index in [1.807, 2.05) is 67.5 Å². The molecule has 2 aromatic carbocycles. The van der Waals surface area contributed by atoms with E-state index in [0.29, 0.717) is 40.2 Å². The maximum absolute atomic E-state index is 14.2. The highest BCUT2D eigenvalue weighted by Crippen LogP contribution is 2.22. The monoisotopic (exact) mass is 545 g/mol. The molecule has 4 N–H and O–H groups in total. The van der Waals surface area contributed by atoms with Gasteiger partial charge in [-0.15, -0.1) is 5.10 Å². The molecule has 0 saturated heterocycles. The zero-order chi connectivity index (χ0) is 28.7. The van der Waals surface area contributed by atoms with Gasteiger partial charge in [0.05, 0.1) is 28.3 Å². The first-order valence-corrected chi connectivity index (χ1v) is 13.0. The number of nitrogen functional groups attached to an aromatic ring is 1. The Labute approximate surface area is 235 Å². The molecule has 41 heavy (non-hydrogen) atoms. The van der Waals surface area contributed by atoms with Crippen LogP contribution in [0.15, 0.2) is 77.4 Å². The SMILES string of the molecule is Cc1ccnc2c(C(=O)NC(C)c3nc4cccc(C#CC5=CCNN5C)c4c(=O)n3-c3ccccc3)c(N)nn12. The summed E-state index contributed by atoms with van der Waals surface area (Å²) in [5.41, 5.74) is 12.8. The third kappa shape index (κ3) is 4.56. The smallest absolute Gasteiger partial charge is 0.267 e. The van der Waals surface area contributed by atoms with Crippen molar-refractivity contribution in [2.24, 2.45) is 0 Å². The van der Waals surface area contributed by atoms with E-state index in [1.54, 1.807) is 25.3 Å². The number of rotatable bonds is 4. The number of benzene rings is 2. The number of hydrogen-bond donors (Lipinski definition) is 3. The number of allylic oxidation sites excluding steroid dienone is 1. The number of hydrogen-bond acceptors (Lipinski definition) is 8. The number of para-hydroxylation sites is 1. The first kappa shape index (κ1) is 25.8. The van der Waals surface area contributed by atoms with Crippen LogP contribution in [0.5, 0.6) is 0 Å². The van der Waals surface area contributed by atoms with Crippen molar-refractivity contribution in [3.8, 4) is 17.5 Å². The summed E-state index contributed by atoms with van der Waals surface area (Å²) in [5.74, 6) is 6.24. The van der Waals surface area contributed by atoms with Gasteiger partial charge in [0.15, 0.2) is 11.5 Å². The van der Waals surface area contributed by atoms with Gasteiger partial charge in [-0.3, -0.25) is 14.2 Å². The number of fused-ring (bicyclic) bond motifs is 2. The fourth-order valence-corrected chi connectivity index (χ4v) is 4.86. The van der Waals surface area contributed by atoms with Gasteiger partial charge in [-0.1, -0.05) is 30.2 Å². The number of nitrogens with zero attached hydrogens (tertiary/aromatic N) is 6. The van der Waals surface area contributed by atoms with Crippen molar-refractivity contribution in [3.63, 3.8) is 0 Å². The molecule has 1 atom stereocenters. The summed E-state index contributed by atoms with van der Waals surface area (Å²) in [6, 6.07) is 15.7. The van der Waals surface area contributed by atoms with Crippen molar-refractivity contribution >= 4 is 28.3 Å². The summed E-state index contributed by atoms with van der Waals surface area (Å²) in [6.45, 7) is 4.31. The maximum Gasteiger partial charge on any atom is 0.267 e. The third-order valence-corrected chi connectivity index (χ3v) is 6.95. The molecular formula is C30H27N9O2. The Bertz CT molecular complexity index is 1980. The van der Waals surface area contributed by atoms with Gasteiger partial charge >= 0.3 is 0 Å². The highest BCUT2D eigenvalue weighted by molar-refractivity contribution is 6.04. The van der Waals surface area contributed by atoms with Gasteiger partial charge in [-0.05, 0) is 56.2 Å². The Kier molecular flexibility index (Phi) is 6.45. The molecule has 0 bridgehead atoms. The van der Waals surface area contributed by atoms with Gasteiger partial charge in [-0.2, -0.15) is 0 Å². The fraction of sp³-hybridized carbons (Fsp3) is 0.167. The molecule has 6 rings (SSSR count). The molecule has 204 valence electrons. The van der Waals surface area contributed by atoms with Crippen LogP contribution in [-0.4, -0.2) is 48.7 Å². The molecule has 0 spiro atoms. The fourth-order valence-electron chi connectivity index (χ4n) is 4.86. The van der Waals surface area contributed by atoms with Gasteiger partial charge < -0.3 is 16.1 Å². The average Bonchev–Trinajstić information content (AvgIpc) is 3.54. The molecule has 1 aliphatic rings. The van der Waals surface area contributed by atoms with Crippen LogP contribution < -0.4 is 22.0 Å². The minimum atomic E-state index is -0.683. The van der Waals surface area contributed by atoms with E-state index in [0.717, 1.165) is 11.4 Å². The Hall–Kier alpha value is -5.47. The number of hydrazine groups is 1. The van der Waals surface area contributed by atoms with Crippen LogP contribution in [0.4, 0.5) is 5.82 Å². The van der Waals surface area contributed by atoms with E-state index in [4.69, 9.17) is 10.7 Å². The van der Waals surface area contributed by atoms with Crippen LogP contribution in [-0.2, 0) is 0 Å². The largest absolute Gasteiger partial charge is 0.381 e. The highest BCUT2D eigenvalue weighted by Gasteiger charge is 2.25. The van der Waals surface area contributed by atoms with E-state index >= 15 is 0 Å². The standard InChI is InChI=1S/C30H27N9O2/c1-18-14-16-32-28-25(26(31)36-39(18)28)29(40)34-19(2)27-35-23-11-7-8-20(12-13-21-15-17-33-37(21)3)24(23)30(41)38(27)22-9-5-4-6-10-22/h4-11,14-16,19,33H,17H2,1-3H3,(H2,31,36)(H,34,40). The lowest BCUT2D eigenvalue weighted by Crippen LogP contribution is -2.33. The molecule has 11 nitrogen and oxygen atoms in total. The van der Waals surface area contributed by atoms with Crippen LogP contribution in [0.25, 0.3) is 22.2 Å². The van der Waals surface area contributed by atoms with E-state index in [2.05, 4.69) is 32.7 Å². The molecule has 0 aliphatic carbocycles. The molecule has 3 aromatic heterocycles. The van der Waals surface area contributed by atoms with Crippen molar-refractivity contribution in [1.82, 2.24) is 39.9 Å². The summed E-state index contributed by atoms with van der Waals surface area (Å²) in [5, 5.41) is 9.46. The molecule has 4 heterocycles. The molecule has 1 aliphatic heterocycles. The lowest BCUT2D eigenvalue weighted by Gasteiger charge is -2.20. The topological polar surface area (TPSA) is 135 Å². The Morgan fingerprint density at radius 1 is 1.12 bits per heavy atom. The third-order valence-electron chi connectivity index (χ3n) is 6.95. The molecule has 0 radical (unpaired) electrons. The minimum Gasteiger partial charge on any atom is -0.381 e. The van der Waals surface area contributed by atoms with Crippen molar-refractivity contribution in [3.05, 3.63) is 106 Å². The molecule has 11 heteroatoms. The van der Waals surface area contributed by atoms with Crippen LogP contribution in [0, 0.1) is 18.8 Å². The van der Waals surface area contributed by atoms with Crippen molar-refractivity contribution in [2.45, 2.75) is 19.9 Å². The number of carbonyl (C=O) groups excluding carboxylic acids is 1. The van der Waals surface area contributed by atoms with E-state index in [-0.39, 0.29) is 16.9 Å². The van der Waals surface area contributed by atoms with Crippen molar-refractivity contribution in [1.29, 1.82) is 0 Å². The Balaban J connectivity index is 1.47. The number of aryl methyl sites for hydroxylation is 1. The first-order chi connectivity index (χ1) is 19.8. The summed E-state index contributed by atoms with van der Waals surface area (Å²) >= 11 is 0. The normalized spacial score (nSPS) is 13.6. The average molecular weight is 546 g/mol. The van der Waals surface area contributed by atoms with E-state index < -0.39 is 11.9 Å². The van der Waals surface area contributed by atoms with Gasteiger partial charge in [0.2, 0.25) is 0 Å². The summed E-state index contributed by atoms with van der Waals surface area (Å²) < 4.78 is 3.05. The van der Waals surface area contributed by atoms with Crippen LogP contribution in [0.3, 0.4) is 0 Å². The zero-order valence-corrected chi connectivity index (χ0v) is 22.7. The van der Waals surface area contributed by atoms with Crippen molar-refractivity contribution < 1.29 is 4.79 Å². The number of nitrogens with one attached hydrogen (secondary N) is 2. The number of anilines is 1. The number of amides is 1. The number of carbonyl (C=O) groups is 1. The summed E-state index contributed by atoms with van der Waals surface area (Å²) in [7, 11) is 1.89. The van der Waals surface area contributed by atoms with Crippen LogP contribution in [0.1, 0.15) is 40.4 Å². The second kappa shape index (κ2) is 10.3. The molecule has 1 amide bonds.